The van der Waals surface area contributed by atoms with Gasteiger partial charge in [0.05, 0.1) is 18.7 Å². The van der Waals surface area contributed by atoms with Gasteiger partial charge in [-0.25, -0.2) is 4.79 Å². The van der Waals surface area contributed by atoms with Gasteiger partial charge in [0.15, 0.2) is 0 Å². The van der Waals surface area contributed by atoms with Crippen molar-refractivity contribution in [2.75, 3.05) is 24.6 Å². The van der Waals surface area contributed by atoms with Gasteiger partial charge in [-0.05, 0) is 39.3 Å². The van der Waals surface area contributed by atoms with Crippen molar-refractivity contribution in [3.63, 3.8) is 0 Å². The van der Waals surface area contributed by atoms with Crippen LogP contribution in [0.2, 0.25) is 0 Å². The molecular formula is C18H26N2O3. The predicted octanol–water partition coefficient (Wildman–Crippen LogP) is 2.49. The second-order valence-corrected chi connectivity index (χ2v) is 7.53. The number of ether oxygens (including phenoxy) is 1. The van der Waals surface area contributed by atoms with E-state index in [-0.39, 0.29) is 30.7 Å². The molecule has 0 aromatic heterocycles. The first kappa shape index (κ1) is 16.1. The van der Waals surface area contributed by atoms with Crippen LogP contribution in [0.25, 0.3) is 0 Å². The largest absolute Gasteiger partial charge is 0.444 e. The molecule has 0 saturated carbocycles. The monoisotopic (exact) mass is 318 g/mol. The van der Waals surface area contributed by atoms with Crippen molar-refractivity contribution < 1.29 is 14.6 Å². The van der Waals surface area contributed by atoms with Crippen LogP contribution in [0.3, 0.4) is 0 Å². The number of benzene rings is 1. The molecule has 3 atom stereocenters. The van der Waals surface area contributed by atoms with Gasteiger partial charge in [0.1, 0.15) is 5.60 Å². The first-order chi connectivity index (χ1) is 10.9. The number of para-hydroxylation sites is 1. The molecule has 5 heteroatoms. The molecule has 1 aromatic rings. The number of aliphatic hydroxyl groups is 1. The summed E-state index contributed by atoms with van der Waals surface area (Å²) in [6, 6.07) is 10.2. The molecule has 2 saturated heterocycles. The SMILES string of the molecule is CC(C)(C)OC(=O)N1[C@@H]2C[C@@H](CN(c3ccccc3)C2)[C@@H]1CO. The summed E-state index contributed by atoms with van der Waals surface area (Å²) in [5.41, 5.74) is 0.650. The molecule has 2 heterocycles. The van der Waals surface area contributed by atoms with Crippen molar-refractivity contribution in [1.82, 2.24) is 4.90 Å². The van der Waals surface area contributed by atoms with Crippen molar-refractivity contribution in [1.29, 1.82) is 0 Å². The zero-order chi connectivity index (χ0) is 16.6. The Morgan fingerprint density at radius 2 is 1.96 bits per heavy atom. The number of rotatable bonds is 2. The van der Waals surface area contributed by atoms with Gasteiger partial charge in [0, 0.05) is 24.7 Å². The predicted molar refractivity (Wildman–Crippen MR) is 89.5 cm³/mol. The van der Waals surface area contributed by atoms with Crippen LogP contribution in [0, 0.1) is 5.92 Å². The van der Waals surface area contributed by atoms with E-state index < -0.39 is 5.60 Å². The van der Waals surface area contributed by atoms with E-state index in [9.17, 15) is 9.90 Å². The molecule has 0 unspecified atom stereocenters. The van der Waals surface area contributed by atoms with E-state index in [1.165, 1.54) is 5.69 Å². The Kier molecular flexibility index (Phi) is 4.23. The zero-order valence-corrected chi connectivity index (χ0v) is 14.1. The molecular weight excluding hydrogens is 292 g/mol. The summed E-state index contributed by atoms with van der Waals surface area (Å²) in [6.45, 7) is 7.26. The minimum atomic E-state index is -0.521. The van der Waals surface area contributed by atoms with E-state index in [0.717, 1.165) is 19.5 Å². The topological polar surface area (TPSA) is 53.0 Å². The second-order valence-electron chi connectivity index (χ2n) is 7.53. The Hall–Kier alpha value is -1.75. The number of hydrogen-bond donors (Lipinski definition) is 1. The molecule has 0 radical (unpaired) electrons. The van der Waals surface area contributed by atoms with Crippen LogP contribution in [0.15, 0.2) is 30.3 Å². The molecule has 1 amide bonds. The van der Waals surface area contributed by atoms with Gasteiger partial charge in [-0.3, -0.25) is 4.90 Å². The molecule has 1 aromatic carbocycles. The van der Waals surface area contributed by atoms with E-state index >= 15 is 0 Å². The fourth-order valence-corrected chi connectivity index (χ4v) is 3.77. The minimum Gasteiger partial charge on any atom is -0.444 e. The highest BCUT2D eigenvalue weighted by atomic mass is 16.6. The van der Waals surface area contributed by atoms with Crippen molar-refractivity contribution in [2.45, 2.75) is 44.9 Å². The first-order valence-corrected chi connectivity index (χ1v) is 8.31. The van der Waals surface area contributed by atoms with Gasteiger partial charge in [0.25, 0.3) is 0 Å². The molecule has 2 aliphatic heterocycles. The van der Waals surface area contributed by atoms with E-state index in [1.807, 2.05) is 39.0 Å². The first-order valence-electron chi connectivity index (χ1n) is 8.31. The maximum absolute atomic E-state index is 12.6. The second kappa shape index (κ2) is 6.04. The highest BCUT2D eigenvalue weighted by molar-refractivity contribution is 5.70. The van der Waals surface area contributed by atoms with Crippen molar-refractivity contribution in [3.8, 4) is 0 Å². The Morgan fingerprint density at radius 1 is 1.26 bits per heavy atom. The smallest absolute Gasteiger partial charge is 0.410 e. The quantitative estimate of drug-likeness (QED) is 0.910. The third-order valence-electron chi connectivity index (χ3n) is 4.67. The zero-order valence-electron chi connectivity index (χ0n) is 14.1. The number of aliphatic hydroxyl groups excluding tert-OH is 1. The summed E-state index contributed by atoms with van der Waals surface area (Å²) >= 11 is 0. The summed E-state index contributed by atoms with van der Waals surface area (Å²) < 4.78 is 5.56. The lowest BCUT2D eigenvalue weighted by Crippen LogP contribution is -2.48. The Morgan fingerprint density at radius 3 is 2.57 bits per heavy atom. The lowest BCUT2D eigenvalue weighted by atomic mass is 9.95. The average Bonchev–Trinajstić information content (AvgIpc) is 2.76. The highest BCUT2D eigenvalue weighted by Crippen LogP contribution is 2.37. The van der Waals surface area contributed by atoms with Gasteiger partial charge < -0.3 is 14.7 Å². The van der Waals surface area contributed by atoms with Gasteiger partial charge >= 0.3 is 6.09 Å². The van der Waals surface area contributed by atoms with Gasteiger partial charge in [-0.15, -0.1) is 0 Å². The lowest BCUT2D eigenvalue weighted by molar-refractivity contribution is 0.00893. The summed E-state index contributed by atoms with van der Waals surface area (Å²) in [7, 11) is 0. The molecule has 126 valence electrons. The molecule has 3 rings (SSSR count). The van der Waals surface area contributed by atoms with Crippen LogP contribution in [-0.4, -0.2) is 53.5 Å². The minimum absolute atomic E-state index is 0.0109. The summed E-state index contributed by atoms with van der Waals surface area (Å²) in [6.07, 6.45) is 0.632. The number of fused-ring (bicyclic) bond motifs is 2. The number of carbonyl (C=O) groups excluding carboxylic acids is 1. The fourth-order valence-electron chi connectivity index (χ4n) is 3.77. The van der Waals surface area contributed by atoms with E-state index in [0.29, 0.717) is 0 Å². The third kappa shape index (κ3) is 3.29. The maximum Gasteiger partial charge on any atom is 0.410 e. The molecule has 0 spiro atoms. The van der Waals surface area contributed by atoms with Crippen LogP contribution in [0.5, 0.6) is 0 Å². The Balaban J connectivity index is 1.79. The molecule has 2 aliphatic rings. The van der Waals surface area contributed by atoms with E-state index in [2.05, 4.69) is 17.0 Å². The number of carbonyl (C=O) groups is 1. The lowest BCUT2D eigenvalue weighted by Gasteiger charge is -2.34. The summed E-state index contributed by atoms with van der Waals surface area (Å²) in [4.78, 5) is 16.7. The number of anilines is 1. The number of hydrogen-bond acceptors (Lipinski definition) is 4. The Bertz CT molecular complexity index is 555. The number of likely N-dealkylation sites (tertiary alicyclic amines) is 1. The van der Waals surface area contributed by atoms with E-state index in [4.69, 9.17) is 4.74 Å². The Labute approximate surface area is 137 Å². The van der Waals surface area contributed by atoms with Gasteiger partial charge in [0.2, 0.25) is 0 Å². The molecule has 1 N–H and O–H groups in total. The maximum atomic E-state index is 12.6. The van der Waals surface area contributed by atoms with Crippen LogP contribution in [0.1, 0.15) is 27.2 Å². The highest BCUT2D eigenvalue weighted by Gasteiger charge is 2.49. The number of piperidine rings is 1. The van der Waals surface area contributed by atoms with Crippen molar-refractivity contribution in [2.24, 2.45) is 5.92 Å². The van der Waals surface area contributed by atoms with Crippen LogP contribution in [-0.2, 0) is 4.74 Å². The molecule has 0 aliphatic carbocycles. The number of amides is 1. The third-order valence-corrected chi connectivity index (χ3v) is 4.67. The number of nitrogens with zero attached hydrogens (tertiary/aromatic N) is 2. The summed E-state index contributed by atoms with van der Waals surface area (Å²) in [5.74, 6) is 0.284. The normalized spacial score (nSPS) is 27.2. The van der Waals surface area contributed by atoms with Gasteiger partial charge in [-0.1, -0.05) is 18.2 Å². The van der Waals surface area contributed by atoms with Crippen LogP contribution >= 0.6 is 0 Å². The van der Waals surface area contributed by atoms with Gasteiger partial charge in [-0.2, -0.15) is 0 Å². The molecule has 5 nitrogen and oxygen atoms in total. The average molecular weight is 318 g/mol. The fraction of sp³-hybridized carbons (Fsp3) is 0.611. The summed E-state index contributed by atoms with van der Waals surface area (Å²) in [5, 5.41) is 9.82. The molecule has 2 bridgehead atoms. The standard InChI is InChI=1S/C18H26N2O3/c1-18(2,3)23-17(22)20-15-9-13(16(20)12-21)10-19(11-15)14-7-5-4-6-8-14/h4-8,13,15-16,21H,9-12H2,1-3H3/t13-,15+,16-/m0/s1. The van der Waals surface area contributed by atoms with Crippen LogP contribution < -0.4 is 4.90 Å². The van der Waals surface area contributed by atoms with Crippen LogP contribution in [0.4, 0.5) is 10.5 Å². The van der Waals surface area contributed by atoms with E-state index in [1.54, 1.807) is 4.90 Å². The van der Waals surface area contributed by atoms with Crippen molar-refractivity contribution >= 4 is 11.8 Å². The molecule has 23 heavy (non-hydrogen) atoms. The van der Waals surface area contributed by atoms with Crippen molar-refractivity contribution in [3.05, 3.63) is 30.3 Å². The molecule has 2 fully saturated rings.